The molecule has 5 rings (SSSR count). The third-order valence-corrected chi connectivity index (χ3v) is 6.68. The molecular formula is C30H34N10O7. The van der Waals surface area contributed by atoms with Crippen LogP contribution in [-0.2, 0) is 26.9 Å². The van der Waals surface area contributed by atoms with E-state index in [0.29, 0.717) is 52.1 Å². The summed E-state index contributed by atoms with van der Waals surface area (Å²) in [4.78, 5) is 60.7. The number of fused-ring (bicyclic) bond motifs is 1. The van der Waals surface area contributed by atoms with Gasteiger partial charge in [0.15, 0.2) is 5.52 Å². The molecule has 0 saturated heterocycles. The maximum absolute atomic E-state index is 12.3. The Morgan fingerprint density at radius 1 is 0.936 bits per heavy atom. The third kappa shape index (κ3) is 8.47. The molecule has 17 nitrogen and oxygen atoms in total. The number of aldehydes is 1. The van der Waals surface area contributed by atoms with Crippen LogP contribution in [-0.4, -0.2) is 51.6 Å². The molecule has 5 aromatic rings. The number of nitro groups is 2. The Labute approximate surface area is 267 Å². The van der Waals surface area contributed by atoms with E-state index in [1.54, 1.807) is 26.2 Å². The Kier molecular flexibility index (Phi) is 11.7. The van der Waals surface area contributed by atoms with Crippen molar-refractivity contribution in [2.45, 2.75) is 39.5 Å². The van der Waals surface area contributed by atoms with Crippen LogP contribution in [0.25, 0.3) is 22.4 Å². The number of non-ortho nitro benzene ring substituents is 2. The molecule has 47 heavy (non-hydrogen) atoms. The number of nitrogens with zero attached hydrogens (tertiary/aromatic N) is 7. The van der Waals surface area contributed by atoms with Crippen LogP contribution in [0.4, 0.5) is 17.1 Å². The first-order chi connectivity index (χ1) is 22.3. The van der Waals surface area contributed by atoms with Crippen LogP contribution in [0.3, 0.4) is 0 Å². The number of amides is 1. The zero-order valence-corrected chi connectivity index (χ0v) is 26.2. The number of H-pyrrole nitrogens is 1. The molecule has 17 heteroatoms. The summed E-state index contributed by atoms with van der Waals surface area (Å²) in [7, 11) is 3.36. The lowest BCUT2D eigenvalue weighted by atomic mass is 10.1. The fourth-order valence-electron chi connectivity index (χ4n) is 4.58. The maximum Gasteiger partial charge on any atom is 0.277 e. The van der Waals surface area contributed by atoms with Gasteiger partial charge in [0.05, 0.1) is 26.9 Å². The van der Waals surface area contributed by atoms with Crippen molar-refractivity contribution in [3.63, 3.8) is 0 Å². The van der Waals surface area contributed by atoms with E-state index in [-0.39, 0.29) is 16.9 Å². The number of anilines is 1. The molecule has 246 valence electrons. The van der Waals surface area contributed by atoms with Gasteiger partial charge in [-0.25, -0.2) is 4.98 Å². The Bertz CT molecular complexity index is 1990. The molecule has 0 unspecified atom stereocenters. The molecule has 0 radical (unpaired) electrons. The number of nitro benzene ring substituents is 2. The molecule has 5 N–H and O–H groups in total. The average Bonchev–Trinajstić information content (AvgIpc) is 3.51. The van der Waals surface area contributed by atoms with E-state index < -0.39 is 15.8 Å². The van der Waals surface area contributed by atoms with Crippen LogP contribution < -0.4 is 17.0 Å². The maximum atomic E-state index is 12.3. The highest BCUT2D eigenvalue weighted by molar-refractivity contribution is 5.96. The fraction of sp³-hybridized carbons (Fsp3) is 0.267. The van der Waals surface area contributed by atoms with Gasteiger partial charge in [0, 0.05) is 49.5 Å². The number of benzene rings is 2. The number of carbonyl (C=O) groups is 2. The molecule has 0 spiro atoms. The highest BCUT2D eigenvalue weighted by atomic mass is 16.6. The van der Waals surface area contributed by atoms with Gasteiger partial charge < -0.3 is 16.5 Å². The Balaban J connectivity index is 0.000000212. The summed E-state index contributed by atoms with van der Waals surface area (Å²) in [5.41, 5.74) is 14.4. The van der Waals surface area contributed by atoms with Gasteiger partial charge >= 0.3 is 0 Å². The second-order valence-electron chi connectivity index (χ2n) is 10.2. The molecule has 3 aromatic heterocycles. The van der Waals surface area contributed by atoms with Gasteiger partial charge in [0.2, 0.25) is 0 Å². The van der Waals surface area contributed by atoms with Crippen LogP contribution in [0.5, 0.6) is 0 Å². The Morgan fingerprint density at radius 3 is 2.06 bits per heavy atom. The minimum absolute atomic E-state index is 0.0507. The molecule has 0 saturated carbocycles. The lowest BCUT2D eigenvalue weighted by molar-refractivity contribution is -0.385. The zero-order valence-electron chi connectivity index (χ0n) is 26.2. The van der Waals surface area contributed by atoms with Crippen molar-refractivity contribution in [3.8, 4) is 11.4 Å². The summed E-state index contributed by atoms with van der Waals surface area (Å²) in [6.45, 7) is 4.05. The average molecular weight is 647 g/mol. The van der Waals surface area contributed by atoms with Crippen molar-refractivity contribution < 1.29 is 19.4 Å². The Hall–Kier alpha value is -6.26. The summed E-state index contributed by atoms with van der Waals surface area (Å²) in [5.74, 6) is -0.230. The van der Waals surface area contributed by atoms with E-state index in [0.717, 1.165) is 30.7 Å². The monoisotopic (exact) mass is 646 g/mol. The molecule has 3 heterocycles. The molecule has 2 aromatic carbocycles. The second-order valence-corrected chi connectivity index (χ2v) is 10.2. The van der Waals surface area contributed by atoms with E-state index in [4.69, 9.17) is 11.5 Å². The normalized spacial score (nSPS) is 10.4. The SMILES string of the molecule is CCCc1nn(C)c(C(N)=O)c1N.CCCc1nn(C)c2c(=O)[nH]c(-c3cccc([N+](=O)[O-])c3)nc12.O=Cc1cccc([N+](=O)[O-])c1. The van der Waals surface area contributed by atoms with Gasteiger partial charge in [0.25, 0.3) is 22.8 Å². The fourth-order valence-corrected chi connectivity index (χ4v) is 4.58. The van der Waals surface area contributed by atoms with E-state index in [1.165, 1.54) is 45.8 Å². The van der Waals surface area contributed by atoms with Gasteiger partial charge in [-0.15, -0.1) is 0 Å². The second kappa shape index (κ2) is 15.6. The van der Waals surface area contributed by atoms with Crippen LogP contribution in [0.2, 0.25) is 0 Å². The van der Waals surface area contributed by atoms with Gasteiger partial charge in [-0.2, -0.15) is 10.2 Å². The standard InChI is InChI=1S/C15H15N5O3.C8H14N4O.C7H5NO3/c1-3-5-11-12-13(19(2)18-11)15(21)17-14(16-12)9-6-4-7-10(8-9)20(22)23;1-3-4-5-6(9)7(8(10)13)12(2)11-5;9-5-6-2-1-3-7(4-6)8(10)11/h4,6-8H,3,5H2,1-2H3,(H,16,17,21);3-4,9H2,1-2H3,(H2,10,13);1-5H. The summed E-state index contributed by atoms with van der Waals surface area (Å²) < 4.78 is 2.95. The molecule has 0 bridgehead atoms. The van der Waals surface area contributed by atoms with Gasteiger partial charge in [-0.1, -0.05) is 51.0 Å². The van der Waals surface area contributed by atoms with Crippen LogP contribution in [0, 0.1) is 20.2 Å². The molecule has 1 amide bonds. The highest BCUT2D eigenvalue weighted by Gasteiger charge is 2.17. The van der Waals surface area contributed by atoms with Gasteiger partial charge in [0.1, 0.15) is 23.3 Å². The molecule has 0 aliphatic rings. The number of nitrogens with two attached hydrogens (primary N) is 2. The Morgan fingerprint density at radius 2 is 1.51 bits per heavy atom. The highest BCUT2D eigenvalue weighted by Crippen LogP contribution is 2.23. The van der Waals surface area contributed by atoms with Crippen molar-refractivity contribution in [1.82, 2.24) is 29.5 Å². The zero-order chi connectivity index (χ0) is 34.8. The summed E-state index contributed by atoms with van der Waals surface area (Å²) in [6.07, 6.45) is 3.88. The lowest BCUT2D eigenvalue weighted by Gasteiger charge is -2.02. The summed E-state index contributed by atoms with van der Waals surface area (Å²) >= 11 is 0. The van der Waals surface area contributed by atoms with Crippen LogP contribution in [0.1, 0.15) is 58.9 Å². The first-order valence-electron chi connectivity index (χ1n) is 14.3. The topological polar surface area (TPSA) is 254 Å². The predicted molar refractivity (Wildman–Crippen MR) is 174 cm³/mol. The van der Waals surface area contributed by atoms with Crippen LogP contribution >= 0.6 is 0 Å². The molecule has 0 aliphatic heterocycles. The predicted octanol–water partition coefficient (Wildman–Crippen LogP) is 3.65. The van der Waals surface area contributed by atoms with Gasteiger partial charge in [-0.3, -0.25) is 44.0 Å². The largest absolute Gasteiger partial charge is 0.395 e. The molecule has 0 atom stereocenters. The third-order valence-electron chi connectivity index (χ3n) is 6.68. The number of aromatic nitrogens is 6. The quantitative estimate of drug-likeness (QED) is 0.118. The number of nitrogen functional groups attached to an aromatic ring is 1. The smallest absolute Gasteiger partial charge is 0.277 e. The van der Waals surface area contributed by atoms with Crippen molar-refractivity contribution in [3.05, 3.63) is 102 Å². The van der Waals surface area contributed by atoms with Crippen molar-refractivity contribution in [1.29, 1.82) is 0 Å². The van der Waals surface area contributed by atoms with E-state index in [9.17, 15) is 34.6 Å². The van der Waals surface area contributed by atoms with Crippen molar-refractivity contribution >= 4 is 40.3 Å². The number of primary amides is 1. The van der Waals surface area contributed by atoms with Gasteiger partial charge in [-0.05, 0) is 12.8 Å². The minimum atomic E-state index is -0.535. The number of nitrogens with one attached hydrogen (secondary N) is 1. The van der Waals surface area contributed by atoms with E-state index >= 15 is 0 Å². The minimum Gasteiger partial charge on any atom is -0.395 e. The number of hydrogen-bond donors (Lipinski definition) is 3. The van der Waals surface area contributed by atoms with Crippen molar-refractivity contribution in [2.75, 3.05) is 5.73 Å². The molecule has 0 fully saturated rings. The number of hydrogen-bond acceptors (Lipinski definition) is 11. The number of aromatic amines is 1. The number of carbonyl (C=O) groups excluding carboxylic acids is 2. The number of rotatable bonds is 9. The summed E-state index contributed by atoms with van der Waals surface area (Å²) in [6, 6.07) is 11.6. The van der Waals surface area contributed by atoms with Crippen LogP contribution in [0.15, 0.2) is 53.3 Å². The molecular weight excluding hydrogens is 612 g/mol. The van der Waals surface area contributed by atoms with E-state index in [1.807, 2.05) is 13.8 Å². The molecule has 0 aliphatic carbocycles. The van der Waals surface area contributed by atoms with E-state index in [2.05, 4.69) is 20.2 Å². The lowest BCUT2D eigenvalue weighted by Crippen LogP contribution is -2.17. The first-order valence-corrected chi connectivity index (χ1v) is 14.3. The van der Waals surface area contributed by atoms with Crippen molar-refractivity contribution in [2.24, 2.45) is 19.8 Å². The summed E-state index contributed by atoms with van der Waals surface area (Å²) in [5, 5.41) is 29.5. The number of aryl methyl sites for hydroxylation is 4. The first kappa shape index (κ1) is 35.2.